The van der Waals surface area contributed by atoms with Gasteiger partial charge in [0.25, 0.3) is 0 Å². The Morgan fingerprint density at radius 2 is 2.00 bits per heavy atom. The number of hydrogen-bond donors (Lipinski definition) is 1. The lowest BCUT2D eigenvalue weighted by Crippen LogP contribution is -2.28. The minimum atomic E-state index is 0.0103. The molecule has 2 nitrogen and oxygen atoms in total. The molecular weight excluding hydrogens is 186 g/mol. The van der Waals surface area contributed by atoms with Gasteiger partial charge in [-0.15, -0.1) is 0 Å². The van der Waals surface area contributed by atoms with Crippen molar-refractivity contribution in [3.05, 3.63) is 29.8 Å². The second-order valence-electron chi connectivity index (χ2n) is 4.78. The van der Waals surface area contributed by atoms with E-state index in [-0.39, 0.29) is 11.5 Å². The molecule has 1 aromatic carbocycles. The van der Waals surface area contributed by atoms with Crippen molar-refractivity contribution in [1.29, 1.82) is 0 Å². The lowest BCUT2D eigenvalue weighted by Gasteiger charge is -2.23. The van der Waals surface area contributed by atoms with Crippen molar-refractivity contribution in [1.82, 2.24) is 0 Å². The molecule has 1 rings (SSSR count). The summed E-state index contributed by atoms with van der Waals surface area (Å²) < 4.78 is 5.65. The van der Waals surface area contributed by atoms with E-state index in [2.05, 4.69) is 26.0 Å². The highest BCUT2D eigenvalue weighted by molar-refractivity contribution is 5.33. The van der Waals surface area contributed by atoms with Crippen LogP contribution in [-0.4, -0.2) is 12.6 Å². The first-order valence-electron chi connectivity index (χ1n) is 5.43. The summed E-state index contributed by atoms with van der Waals surface area (Å²) in [4.78, 5) is 0. The second kappa shape index (κ2) is 4.67. The minimum absolute atomic E-state index is 0.0103. The van der Waals surface area contributed by atoms with Crippen molar-refractivity contribution in [2.75, 3.05) is 6.54 Å². The van der Waals surface area contributed by atoms with Crippen LogP contribution in [0.4, 0.5) is 0 Å². The van der Waals surface area contributed by atoms with E-state index >= 15 is 0 Å². The van der Waals surface area contributed by atoms with Gasteiger partial charge in [0.15, 0.2) is 0 Å². The summed E-state index contributed by atoms with van der Waals surface area (Å²) in [6.45, 7) is 8.97. The molecule has 0 radical (unpaired) electrons. The highest BCUT2D eigenvalue weighted by Gasteiger charge is 2.18. The fourth-order valence-electron chi connectivity index (χ4n) is 1.38. The van der Waals surface area contributed by atoms with Gasteiger partial charge in [-0.05, 0) is 31.5 Å². The van der Waals surface area contributed by atoms with Crippen LogP contribution < -0.4 is 10.5 Å². The van der Waals surface area contributed by atoms with Gasteiger partial charge in [-0.1, -0.05) is 26.0 Å². The number of rotatable bonds is 4. The topological polar surface area (TPSA) is 35.2 Å². The Labute approximate surface area is 92.4 Å². The molecule has 0 aliphatic rings. The Morgan fingerprint density at radius 1 is 1.33 bits per heavy atom. The second-order valence-corrected chi connectivity index (χ2v) is 4.78. The van der Waals surface area contributed by atoms with Crippen molar-refractivity contribution < 1.29 is 4.74 Å². The SMILES string of the molecule is CC(C)Oc1cccc(C(C)(C)CN)c1. The van der Waals surface area contributed by atoms with E-state index < -0.39 is 0 Å². The maximum atomic E-state index is 5.75. The van der Waals surface area contributed by atoms with E-state index in [1.807, 2.05) is 26.0 Å². The van der Waals surface area contributed by atoms with Crippen LogP contribution in [0.1, 0.15) is 33.3 Å². The summed E-state index contributed by atoms with van der Waals surface area (Å²) in [5.74, 6) is 0.920. The van der Waals surface area contributed by atoms with Gasteiger partial charge in [-0.2, -0.15) is 0 Å². The Hall–Kier alpha value is -1.02. The number of nitrogens with two attached hydrogens (primary N) is 1. The summed E-state index contributed by atoms with van der Waals surface area (Å²) in [6.07, 6.45) is 0.209. The molecule has 0 spiro atoms. The van der Waals surface area contributed by atoms with Gasteiger partial charge in [0.2, 0.25) is 0 Å². The summed E-state index contributed by atoms with van der Waals surface area (Å²) in [5, 5.41) is 0. The van der Waals surface area contributed by atoms with Crippen molar-refractivity contribution in [3.63, 3.8) is 0 Å². The van der Waals surface area contributed by atoms with Gasteiger partial charge < -0.3 is 10.5 Å². The van der Waals surface area contributed by atoms with Crippen LogP contribution in [0.25, 0.3) is 0 Å². The van der Waals surface area contributed by atoms with E-state index in [9.17, 15) is 0 Å². The molecule has 15 heavy (non-hydrogen) atoms. The fourth-order valence-corrected chi connectivity index (χ4v) is 1.38. The maximum absolute atomic E-state index is 5.75. The normalized spacial score (nSPS) is 11.9. The molecule has 0 bridgehead atoms. The molecule has 0 saturated heterocycles. The van der Waals surface area contributed by atoms with Crippen molar-refractivity contribution >= 4 is 0 Å². The van der Waals surface area contributed by atoms with Crippen LogP contribution in [0.2, 0.25) is 0 Å². The van der Waals surface area contributed by atoms with Crippen molar-refractivity contribution in [2.45, 2.75) is 39.2 Å². The molecule has 0 unspecified atom stereocenters. The molecule has 0 fully saturated rings. The first-order valence-corrected chi connectivity index (χ1v) is 5.43. The van der Waals surface area contributed by atoms with Gasteiger partial charge in [-0.3, -0.25) is 0 Å². The third-order valence-electron chi connectivity index (χ3n) is 2.50. The zero-order valence-corrected chi connectivity index (χ0v) is 10.1. The fraction of sp³-hybridized carbons (Fsp3) is 0.538. The average molecular weight is 207 g/mol. The number of benzene rings is 1. The molecule has 0 aliphatic carbocycles. The molecule has 0 heterocycles. The monoisotopic (exact) mass is 207 g/mol. The van der Waals surface area contributed by atoms with E-state index in [1.165, 1.54) is 5.56 Å². The number of hydrogen-bond acceptors (Lipinski definition) is 2. The largest absolute Gasteiger partial charge is 0.491 e. The Balaban J connectivity index is 2.92. The van der Waals surface area contributed by atoms with Crippen LogP contribution in [0.15, 0.2) is 24.3 Å². The summed E-state index contributed by atoms with van der Waals surface area (Å²) >= 11 is 0. The highest BCUT2D eigenvalue weighted by atomic mass is 16.5. The summed E-state index contributed by atoms with van der Waals surface area (Å²) in [7, 11) is 0. The third kappa shape index (κ3) is 3.24. The Morgan fingerprint density at radius 3 is 2.53 bits per heavy atom. The number of ether oxygens (including phenoxy) is 1. The van der Waals surface area contributed by atoms with Crippen LogP contribution >= 0.6 is 0 Å². The molecule has 0 atom stereocenters. The smallest absolute Gasteiger partial charge is 0.119 e. The molecule has 2 heteroatoms. The van der Waals surface area contributed by atoms with E-state index in [4.69, 9.17) is 10.5 Å². The van der Waals surface area contributed by atoms with Gasteiger partial charge in [0.05, 0.1) is 6.10 Å². The van der Waals surface area contributed by atoms with E-state index in [0.29, 0.717) is 6.54 Å². The molecule has 2 N–H and O–H groups in total. The molecule has 0 aromatic heterocycles. The van der Waals surface area contributed by atoms with Gasteiger partial charge in [-0.25, -0.2) is 0 Å². The maximum Gasteiger partial charge on any atom is 0.119 e. The quantitative estimate of drug-likeness (QED) is 0.824. The highest BCUT2D eigenvalue weighted by Crippen LogP contribution is 2.25. The molecule has 1 aromatic rings. The predicted octanol–water partition coefficient (Wildman–Crippen LogP) is 2.71. The third-order valence-corrected chi connectivity index (χ3v) is 2.50. The van der Waals surface area contributed by atoms with Gasteiger partial charge in [0, 0.05) is 12.0 Å². The molecule has 0 saturated carbocycles. The van der Waals surface area contributed by atoms with Crippen LogP contribution in [-0.2, 0) is 5.41 Å². The Bertz CT molecular complexity index is 318. The lowest BCUT2D eigenvalue weighted by molar-refractivity contribution is 0.242. The van der Waals surface area contributed by atoms with E-state index in [0.717, 1.165) is 5.75 Å². The minimum Gasteiger partial charge on any atom is -0.491 e. The van der Waals surface area contributed by atoms with Crippen LogP contribution in [0.5, 0.6) is 5.75 Å². The summed E-state index contributed by atoms with van der Waals surface area (Å²) in [5.41, 5.74) is 6.98. The van der Waals surface area contributed by atoms with Crippen molar-refractivity contribution in [2.24, 2.45) is 5.73 Å². The van der Waals surface area contributed by atoms with Crippen molar-refractivity contribution in [3.8, 4) is 5.75 Å². The van der Waals surface area contributed by atoms with Gasteiger partial charge in [0.1, 0.15) is 5.75 Å². The lowest BCUT2D eigenvalue weighted by atomic mass is 9.85. The predicted molar refractivity (Wildman–Crippen MR) is 64.3 cm³/mol. The molecule has 0 aliphatic heterocycles. The molecular formula is C13H21NO. The summed E-state index contributed by atoms with van der Waals surface area (Å²) in [6, 6.07) is 8.17. The molecule has 84 valence electrons. The van der Waals surface area contributed by atoms with Gasteiger partial charge >= 0.3 is 0 Å². The standard InChI is InChI=1S/C13H21NO/c1-10(2)15-12-7-5-6-11(8-12)13(3,4)9-14/h5-8,10H,9,14H2,1-4H3. The average Bonchev–Trinajstić information content (AvgIpc) is 2.17. The first kappa shape index (κ1) is 12.1. The zero-order valence-electron chi connectivity index (χ0n) is 10.1. The van der Waals surface area contributed by atoms with E-state index in [1.54, 1.807) is 0 Å². The molecule has 0 amide bonds. The van der Waals surface area contributed by atoms with Crippen LogP contribution in [0, 0.1) is 0 Å². The van der Waals surface area contributed by atoms with Crippen LogP contribution in [0.3, 0.4) is 0 Å². The Kier molecular flexibility index (Phi) is 3.75. The first-order chi connectivity index (χ1) is 6.95. The zero-order chi connectivity index (χ0) is 11.5.